The topological polar surface area (TPSA) is 21.3 Å². The Kier molecular flexibility index (Phi) is 5.46. The lowest BCUT2D eigenvalue weighted by Gasteiger charge is -2.30. The van der Waals surface area contributed by atoms with Crippen molar-refractivity contribution < 1.29 is 17.9 Å². The van der Waals surface area contributed by atoms with Crippen molar-refractivity contribution in [3.8, 4) is 0 Å². The van der Waals surface area contributed by atoms with Crippen LogP contribution in [0.25, 0.3) is 0 Å². The van der Waals surface area contributed by atoms with Gasteiger partial charge in [-0.25, -0.2) is 0 Å². The lowest BCUT2D eigenvalue weighted by Crippen LogP contribution is -2.37. The summed E-state index contributed by atoms with van der Waals surface area (Å²) >= 11 is 1.75. The Morgan fingerprint density at radius 1 is 1.35 bits per heavy atom. The van der Waals surface area contributed by atoms with Crippen molar-refractivity contribution in [2.75, 3.05) is 6.61 Å². The molecule has 1 fully saturated rings. The smallest absolute Gasteiger partial charge is 0.369 e. The van der Waals surface area contributed by atoms with Crippen molar-refractivity contribution in [1.29, 1.82) is 0 Å². The van der Waals surface area contributed by atoms with Crippen LogP contribution in [-0.4, -0.2) is 24.9 Å². The molecule has 2 nitrogen and oxygen atoms in total. The number of rotatable bonds is 5. The molecule has 2 atom stereocenters. The summed E-state index contributed by atoms with van der Waals surface area (Å²) in [6.07, 6.45) is -1.17. The molecule has 1 aliphatic carbocycles. The molecule has 1 aromatic rings. The van der Waals surface area contributed by atoms with E-state index in [-0.39, 0.29) is 12.1 Å². The quantitative estimate of drug-likeness (QED) is 0.886. The van der Waals surface area contributed by atoms with Gasteiger partial charge in [-0.05, 0) is 44.7 Å². The zero-order valence-corrected chi connectivity index (χ0v) is 12.3. The van der Waals surface area contributed by atoms with Crippen molar-refractivity contribution in [3.63, 3.8) is 0 Å². The summed E-state index contributed by atoms with van der Waals surface area (Å²) in [5, 5.41) is 3.43. The second kappa shape index (κ2) is 6.91. The zero-order valence-electron chi connectivity index (χ0n) is 11.5. The third kappa shape index (κ3) is 5.42. The molecule has 1 heterocycles. The first-order valence-corrected chi connectivity index (χ1v) is 7.71. The summed E-state index contributed by atoms with van der Waals surface area (Å²) in [6, 6.07) is 4.43. The van der Waals surface area contributed by atoms with Crippen LogP contribution in [0.4, 0.5) is 13.2 Å². The van der Waals surface area contributed by atoms with Crippen LogP contribution in [0.3, 0.4) is 0 Å². The highest BCUT2D eigenvalue weighted by Gasteiger charge is 2.31. The fourth-order valence-corrected chi connectivity index (χ4v) is 3.36. The number of alkyl halides is 3. The Balaban J connectivity index is 1.73. The molecule has 1 N–H and O–H groups in total. The second-order valence-corrected chi connectivity index (χ2v) is 6.68. The summed E-state index contributed by atoms with van der Waals surface area (Å²) < 4.78 is 41.4. The normalized spacial score (nSPS) is 24.0. The Hall–Kier alpha value is -0.590. The van der Waals surface area contributed by atoms with Crippen molar-refractivity contribution >= 4 is 11.3 Å². The molecule has 0 saturated heterocycles. The highest BCUT2D eigenvalue weighted by Crippen LogP contribution is 2.25. The molecule has 1 saturated carbocycles. The van der Waals surface area contributed by atoms with E-state index in [1.54, 1.807) is 11.3 Å². The van der Waals surface area contributed by atoms with Gasteiger partial charge in [0.1, 0.15) is 6.61 Å². The van der Waals surface area contributed by atoms with Crippen LogP contribution in [-0.2, 0) is 11.3 Å². The number of aryl methyl sites for hydroxylation is 1. The predicted octanol–water partition coefficient (Wildman–Crippen LogP) is 4.04. The van der Waals surface area contributed by atoms with E-state index in [4.69, 9.17) is 4.74 Å². The lowest BCUT2D eigenvalue weighted by molar-refractivity contribution is -0.188. The van der Waals surface area contributed by atoms with E-state index in [1.807, 2.05) is 0 Å². The van der Waals surface area contributed by atoms with E-state index in [0.29, 0.717) is 6.42 Å². The average molecular weight is 307 g/mol. The van der Waals surface area contributed by atoms with Crippen molar-refractivity contribution in [2.24, 2.45) is 0 Å². The molecule has 0 aromatic carbocycles. The minimum absolute atomic E-state index is 0.254. The van der Waals surface area contributed by atoms with Crippen molar-refractivity contribution in [2.45, 2.75) is 57.5 Å². The molecule has 0 amide bonds. The van der Waals surface area contributed by atoms with E-state index in [2.05, 4.69) is 24.4 Å². The fourth-order valence-electron chi connectivity index (χ4n) is 2.52. The van der Waals surface area contributed by atoms with Crippen molar-refractivity contribution in [3.05, 3.63) is 21.9 Å². The lowest BCUT2D eigenvalue weighted by atomic mass is 9.93. The number of thiophene rings is 1. The monoisotopic (exact) mass is 307 g/mol. The van der Waals surface area contributed by atoms with Gasteiger partial charge in [0.05, 0.1) is 6.10 Å². The van der Waals surface area contributed by atoms with Crippen LogP contribution >= 0.6 is 11.3 Å². The molecule has 0 bridgehead atoms. The molecule has 1 aliphatic rings. The highest BCUT2D eigenvalue weighted by atomic mass is 32.1. The summed E-state index contributed by atoms with van der Waals surface area (Å²) in [5.41, 5.74) is 0. The Morgan fingerprint density at radius 2 is 2.15 bits per heavy atom. The standard InChI is InChI=1S/C14H20F3NOS/c1-10-5-6-13(20-10)8-18-11-3-2-4-12(7-11)19-9-14(15,16)17/h5-6,11-12,18H,2-4,7-9H2,1H3. The van der Waals surface area contributed by atoms with E-state index in [1.165, 1.54) is 9.75 Å². The molecule has 114 valence electrons. The zero-order chi connectivity index (χ0) is 14.6. The van der Waals surface area contributed by atoms with Gasteiger partial charge in [-0.3, -0.25) is 0 Å². The van der Waals surface area contributed by atoms with Gasteiger partial charge in [0.15, 0.2) is 0 Å². The molecule has 2 rings (SSSR count). The third-order valence-corrected chi connectivity index (χ3v) is 4.47. The predicted molar refractivity (Wildman–Crippen MR) is 73.9 cm³/mol. The molecular weight excluding hydrogens is 287 g/mol. The van der Waals surface area contributed by atoms with Crippen LogP contribution in [0, 0.1) is 6.92 Å². The van der Waals surface area contributed by atoms with Gasteiger partial charge in [-0.1, -0.05) is 0 Å². The van der Waals surface area contributed by atoms with Crippen molar-refractivity contribution in [1.82, 2.24) is 5.32 Å². The number of hydrogen-bond donors (Lipinski definition) is 1. The van der Waals surface area contributed by atoms with Gasteiger partial charge in [0.2, 0.25) is 0 Å². The first-order chi connectivity index (χ1) is 9.42. The summed E-state index contributed by atoms with van der Waals surface area (Å²) in [5.74, 6) is 0. The SMILES string of the molecule is Cc1ccc(CNC2CCCC(OCC(F)(F)F)C2)s1. The summed E-state index contributed by atoms with van der Waals surface area (Å²) in [7, 11) is 0. The molecule has 2 unspecified atom stereocenters. The molecule has 0 spiro atoms. The van der Waals surface area contributed by atoms with Gasteiger partial charge >= 0.3 is 6.18 Å². The molecular formula is C14H20F3NOS. The fraction of sp³-hybridized carbons (Fsp3) is 0.714. The Bertz CT molecular complexity index is 419. The van der Waals surface area contributed by atoms with Gasteiger partial charge in [0.25, 0.3) is 0 Å². The van der Waals surface area contributed by atoms with Gasteiger partial charge in [0, 0.05) is 22.3 Å². The first kappa shape index (κ1) is 15.8. The number of halogens is 3. The molecule has 0 aliphatic heterocycles. The maximum absolute atomic E-state index is 12.1. The minimum Gasteiger partial charge on any atom is -0.369 e. The largest absolute Gasteiger partial charge is 0.411 e. The molecule has 0 radical (unpaired) electrons. The summed E-state index contributed by atoms with van der Waals surface area (Å²) in [4.78, 5) is 2.54. The maximum Gasteiger partial charge on any atom is 0.411 e. The molecule has 1 aromatic heterocycles. The van der Waals surface area contributed by atoms with E-state index in [9.17, 15) is 13.2 Å². The van der Waals surface area contributed by atoms with E-state index < -0.39 is 12.8 Å². The summed E-state index contributed by atoms with van der Waals surface area (Å²) in [6.45, 7) is 1.72. The van der Waals surface area contributed by atoms with E-state index in [0.717, 1.165) is 25.8 Å². The maximum atomic E-state index is 12.1. The van der Waals surface area contributed by atoms with Gasteiger partial charge < -0.3 is 10.1 Å². The van der Waals surface area contributed by atoms with Gasteiger partial charge in [-0.15, -0.1) is 11.3 Å². The second-order valence-electron chi connectivity index (χ2n) is 5.30. The molecule has 6 heteroatoms. The minimum atomic E-state index is -4.23. The Morgan fingerprint density at radius 3 is 2.80 bits per heavy atom. The Labute approximate surface area is 121 Å². The number of hydrogen-bond acceptors (Lipinski definition) is 3. The molecule has 20 heavy (non-hydrogen) atoms. The third-order valence-electron chi connectivity index (χ3n) is 3.47. The van der Waals surface area contributed by atoms with E-state index >= 15 is 0 Å². The van der Waals surface area contributed by atoms with Crippen LogP contribution in [0.5, 0.6) is 0 Å². The average Bonchev–Trinajstić information content (AvgIpc) is 2.80. The highest BCUT2D eigenvalue weighted by molar-refractivity contribution is 7.11. The van der Waals surface area contributed by atoms with Crippen LogP contribution in [0.2, 0.25) is 0 Å². The number of nitrogens with one attached hydrogen (secondary N) is 1. The first-order valence-electron chi connectivity index (χ1n) is 6.89. The van der Waals surface area contributed by atoms with Crippen LogP contribution < -0.4 is 5.32 Å². The van der Waals surface area contributed by atoms with Crippen LogP contribution in [0.15, 0.2) is 12.1 Å². The van der Waals surface area contributed by atoms with Gasteiger partial charge in [-0.2, -0.15) is 13.2 Å². The van der Waals surface area contributed by atoms with Crippen LogP contribution in [0.1, 0.15) is 35.4 Å². The number of ether oxygens (including phenoxy) is 1.